The molecule has 0 fully saturated rings. The highest BCUT2D eigenvalue weighted by Crippen LogP contribution is 2.21. The van der Waals surface area contributed by atoms with Crippen molar-refractivity contribution in [3.05, 3.63) is 63.5 Å². The monoisotopic (exact) mass is 380 g/mol. The Balaban J connectivity index is 1.85. The smallest absolute Gasteiger partial charge is 0.302 e. The number of hydrogen-bond donors (Lipinski definition) is 1. The van der Waals surface area contributed by atoms with Gasteiger partial charge in [-0.25, -0.2) is 17.5 Å². The summed E-state index contributed by atoms with van der Waals surface area (Å²) in [7, 11) is -2.53. The molecule has 0 radical (unpaired) electrons. The second kappa shape index (κ2) is 6.41. The largest absolute Gasteiger partial charge is 0.307 e. The molecule has 2 aromatic carbocycles. The van der Waals surface area contributed by atoms with Gasteiger partial charge in [-0.05, 0) is 29.8 Å². The van der Waals surface area contributed by atoms with Crippen LogP contribution in [0.3, 0.4) is 0 Å². The number of nitrogens with one attached hydrogen (secondary N) is 1. The minimum absolute atomic E-state index is 0.104. The summed E-state index contributed by atoms with van der Waals surface area (Å²) in [5, 5.41) is 0. The number of halogens is 1. The lowest BCUT2D eigenvalue weighted by Gasteiger charge is -2.08. The number of amides is 1. The lowest BCUT2D eigenvalue weighted by molar-refractivity contribution is -0.118. The highest BCUT2D eigenvalue weighted by atomic mass is 32.2. The fourth-order valence-electron chi connectivity index (χ4n) is 2.34. The number of carbonyl (C=O) groups is 1. The molecule has 1 aromatic heterocycles. The van der Waals surface area contributed by atoms with Crippen molar-refractivity contribution in [2.75, 3.05) is 0 Å². The number of aromatic nitrogens is 1. The van der Waals surface area contributed by atoms with Crippen LogP contribution in [0.15, 0.2) is 52.2 Å². The van der Waals surface area contributed by atoms with Crippen LogP contribution in [0.2, 0.25) is 0 Å². The van der Waals surface area contributed by atoms with Gasteiger partial charge in [0.15, 0.2) is 0 Å². The van der Waals surface area contributed by atoms with Gasteiger partial charge in [-0.2, -0.15) is 0 Å². The minimum atomic E-state index is -4.11. The average molecular weight is 380 g/mol. The van der Waals surface area contributed by atoms with Gasteiger partial charge in [-0.1, -0.05) is 29.5 Å². The van der Waals surface area contributed by atoms with Crippen LogP contribution in [-0.4, -0.2) is 18.9 Å². The van der Waals surface area contributed by atoms with E-state index in [0.29, 0.717) is 10.2 Å². The molecule has 1 amide bonds. The molecule has 1 N–H and O–H groups in total. The SMILES string of the molecule is Cn1c(=O)sc2cc(S(=O)(=O)NC(=O)Cc3ccccc3F)ccc21. The number of thiazole rings is 1. The predicted octanol–water partition coefficient (Wildman–Crippen LogP) is 1.79. The van der Waals surface area contributed by atoms with Gasteiger partial charge in [0.05, 0.1) is 21.5 Å². The van der Waals surface area contributed by atoms with Gasteiger partial charge in [0, 0.05) is 7.05 Å². The van der Waals surface area contributed by atoms with E-state index >= 15 is 0 Å². The summed E-state index contributed by atoms with van der Waals surface area (Å²) in [6.07, 6.45) is -0.396. The number of benzene rings is 2. The molecule has 0 spiro atoms. The van der Waals surface area contributed by atoms with Gasteiger partial charge in [0.1, 0.15) is 5.82 Å². The number of sulfonamides is 1. The van der Waals surface area contributed by atoms with Crippen LogP contribution in [0.5, 0.6) is 0 Å². The Morgan fingerprint density at radius 3 is 2.68 bits per heavy atom. The molecular weight excluding hydrogens is 367 g/mol. The Labute approximate surface area is 146 Å². The van der Waals surface area contributed by atoms with Gasteiger partial charge in [0.25, 0.3) is 10.0 Å². The molecule has 0 bridgehead atoms. The first-order valence-corrected chi connectivity index (χ1v) is 9.46. The Kier molecular flexibility index (Phi) is 4.44. The van der Waals surface area contributed by atoms with Gasteiger partial charge in [-0.3, -0.25) is 9.59 Å². The number of hydrogen-bond acceptors (Lipinski definition) is 5. The van der Waals surface area contributed by atoms with E-state index in [-0.39, 0.29) is 15.3 Å². The molecule has 0 atom stereocenters. The van der Waals surface area contributed by atoms with E-state index in [9.17, 15) is 22.4 Å². The van der Waals surface area contributed by atoms with Crippen molar-refractivity contribution in [1.82, 2.24) is 9.29 Å². The maximum absolute atomic E-state index is 13.6. The van der Waals surface area contributed by atoms with Crippen molar-refractivity contribution < 1.29 is 17.6 Å². The van der Waals surface area contributed by atoms with Crippen molar-refractivity contribution in [3.8, 4) is 0 Å². The number of fused-ring (bicyclic) bond motifs is 1. The molecule has 9 heteroatoms. The van der Waals surface area contributed by atoms with Gasteiger partial charge in [-0.15, -0.1) is 0 Å². The summed E-state index contributed by atoms with van der Waals surface area (Å²) in [5.41, 5.74) is 0.707. The van der Waals surface area contributed by atoms with E-state index in [4.69, 9.17) is 0 Å². The first-order chi connectivity index (χ1) is 11.8. The molecule has 0 aliphatic rings. The number of rotatable bonds is 4. The average Bonchev–Trinajstić information content (AvgIpc) is 2.83. The molecule has 0 saturated carbocycles. The summed E-state index contributed by atoms with van der Waals surface area (Å²) in [5.74, 6) is -1.42. The van der Waals surface area contributed by atoms with Gasteiger partial charge in [0.2, 0.25) is 5.91 Å². The predicted molar refractivity (Wildman–Crippen MR) is 92.5 cm³/mol. The summed E-state index contributed by atoms with van der Waals surface area (Å²) in [4.78, 5) is 23.3. The normalized spacial score (nSPS) is 11.6. The van der Waals surface area contributed by atoms with Crippen LogP contribution >= 0.6 is 11.3 Å². The third-order valence-electron chi connectivity index (χ3n) is 3.63. The fourth-order valence-corrected chi connectivity index (χ4v) is 4.34. The van der Waals surface area contributed by atoms with Gasteiger partial charge >= 0.3 is 4.87 Å². The molecule has 130 valence electrons. The Morgan fingerprint density at radius 1 is 1.24 bits per heavy atom. The molecule has 3 aromatic rings. The highest BCUT2D eigenvalue weighted by Gasteiger charge is 2.20. The van der Waals surface area contributed by atoms with Crippen LogP contribution in [-0.2, 0) is 28.3 Å². The van der Waals surface area contributed by atoms with Crippen molar-refractivity contribution >= 4 is 37.5 Å². The number of carbonyl (C=O) groups excluding carboxylic acids is 1. The van der Waals surface area contributed by atoms with Crippen molar-refractivity contribution in [2.45, 2.75) is 11.3 Å². The van der Waals surface area contributed by atoms with E-state index in [1.54, 1.807) is 13.1 Å². The van der Waals surface area contributed by atoms with Gasteiger partial charge < -0.3 is 4.57 Å². The maximum atomic E-state index is 13.6. The van der Waals surface area contributed by atoms with E-state index in [1.807, 2.05) is 4.72 Å². The van der Waals surface area contributed by atoms with Crippen LogP contribution in [0, 0.1) is 5.82 Å². The number of nitrogens with zero attached hydrogens (tertiary/aromatic N) is 1. The number of aryl methyl sites for hydroxylation is 1. The second-order valence-corrected chi connectivity index (χ2v) is 8.03. The molecule has 0 saturated heterocycles. The van der Waals surface area contributed by atoms with E-state index in [0.717, 1.165) is 11.3 Å². The lowest BCUT2D eigenvalue weighted by atomic mass is 10.1. The zero-order valence-corrected chi connectivity index (χ0v) is 14.7. The molecule has 0 unspecified atom stereocenters. The third kappa shape index (κ3) is 3.47. The molecular formula is C16H13FN2O4S2. The Bertz CT molecular complexity index is 1130. The Hall–Kier alpha value is -2.52. The van der Waals surface area contributed by atoms with E-state index < -0.39 is 28.2 Å². The third-order valence-corrected chi connectivity index (χ3v) is 6.00. The summed E-state index contributed by atoms with van der Waals surface area (Å²) in [6.45, 7) is 0. The van der Waals surface area contributed by atoms with Crippen molar-refractivity contribution in [2.24, 2.45) is 7.05 Å². The Morgan fingerprint density at radius 2 is 1.96 bits per heavy atom. The van der Waals surface area contributed by atoms with Crippen LogP contribution < -0.4 is 9.60 Å². The molecule has 3 rings (SSSR count). The summed E-state index contributed by atoms with van der Waals surface area (Å²) < 4.78 is 42.1. The first kappa shape index (κ1) is 17.3. The summed E-state index contributed by atoms with van der Waals surface area (Å²) >= 11 is 0.913. The van der Waals surface area contributed by atoms with Crippen LogP contribution in [0.1, 0.15) is 5.56 Å². The minimum Gasteiger partial charge on any atom is -0.302 e. The quantitative estimate of drug-likeness (QED) is 0.748. The van der Waals surface area contributed by atoms with E-state index in [2.05, 4.69) is 0 Å². The second-order valence-electron chi connectivity index (χ2n) is 5.35. The molecule has 6 nitrogen and oxygen atoms in total. The molecule has 0 aliphatic carbocycles. The van der Waals surface area contributed by atoms with Crippen molar-refractivity contribution in [1.29, 1.82) is 0 Å². The first-order valence-electron chi connectivity index (χ1n) is 7.16. The van der Waals surface area contributed by atoms with Crippen LogP contribution in [0.25, 0.3) is 10.2 Å². The van der Waals surface area contributed by atoms with E-state index in [1.165, 1.54) is 41.0 Å². The standard InChI is InChI=1S/C16H13FN2O4S2/c1-19-13-7-6-11(9-14(13)24-16(19)21)25(22,23)18-15(20)8-10-4-2-3-5-12(10)17/h2-7,9H,8H2,1H3,(H,18,20). The topological polar surface area (TPSA) is 85.2 Å². The lowest BCUT2D eigenvalue weighted by Crippen LogP contribution is -2.32. The molecule has 25 heavy (non-hydrogen) atoms. The molecule has 1 heterocycles. The fraction of sp³-hybridized carbons (Fsp3) is 0.125. The van der Waals surface area contributed by atoms with Crippen molar-refractivity contribution in [3.63, 3.8) is 0 Å². The summed E-state index contributed by atoms with van der Waals surface area (Å²) in [6, 6.07) is 9.80. The zero-order valence-electron chi connectivity index (χ0n) is 13.0. The zero-order chi connectivity index (χ0) is 18.2. The highest BCUT2D eigenvalue weighted by molar-refractivity contribution is 7.90. The van der Waals surface area contributed by atoms with Crippen LogP contribution in [0.4, 0.5) is 4.39 Å². The molecule has 0 aliphatic heterocycles. The maximum Gasteiger partial charge on any atom is 0.307 e.